The lowest BCUT2D eigenvalue weighted by molar-refractivity contribution is -0.134. The van der Waals surface area contributed by atoms with Crippen molar-refractivity contribution in [3.63, 3.8) is 0 Å². The highest BCUT2D eigenvalue weighted by Gasteiger charge is 2.30. The molecule has 0 amide bonds. The second-order valence-electron chi connectivity index (χ2n) is 13.7. The van der Waals surface area contributed by atoms with Gasteiger partial charge in [0.25, 0.3) is 0 Å². The van der Waals surface area contributed by atoms with E-state index in [1.807, 2.05) is 80.6 Å². The van der Waals surface area contributed by atoms with Crippen LogP contribution in [-0.4, -0.2) is 29.4 Å². The molecule has 0 spiro atoms. The number of aldehydes is 1. The average Bonchev–Trinajstić information content (AvgIpc) is 3.18. The van der Waals surface area contributed by atoms with Crippen LogP contribution in [0.25, 0.3) is 6.08 Å². The van der Waals surface area contributed by atoms with E-state index in [1.165, 1.54) is 59.7 Å². The van der Waals surface area contributed by atoms with Crippen LogP contribution in [0.15, 0.2) is 145 Å². The van der Waals surface area contributed by atoms with Gasteiger partial charge in [0.2, 0.25) is 0 Å². The number of ketones is 4. The minimum absolute atomic E-state index is 0.0833. The lowest BCUT2D eigenvalue weighted by Gasteiger charge is -2.16. The molecule has 5 aromatic carbocycles. The average molecular weight is 743 g/mol. The van der Waals surface area contributed by atoms with Crippen molar-refractivity contribution < 1.29 is 32.8 Å². The standard InChI is InChI=1S/C21H21FO3.C20H22O.C7H5FO/c1-14(2)21(25)18(20(24)12-15-6-4-3-5-7-15)13-19(23)16-8-10-17(22)11-9-16;1-16(2)20(21)15-19(13-17-9-5-3-6-10-17)14-18-11-7-4-8-12-18;8-7-3-1-6(5-9)2-4-7/h3-11,14,18H,12-13H2,1-2H3;3-13,16H,14-15H2,1-2H3;1-5H. The molecular formula is C48H48F2O5. The van der Waals surface area contributed by atoms with E-state index in [1.54, 1.807) is 13.8 Å². The van der Waals surface area contributed by atoms with E-state index in [0.717, 1.165) is 17.5 Å². The third kappa shape index (κ3) is 15.9. The molecule has 55 heavy (non-hydrogen) atoms. The van der Waals surface area contributed by atoms with Gasteiger partial charge in [0.15, 0.2) is 5.78 Å². The molecule has 0 fully saturated rings. The van der Waals surface area contributed by atoms with Crippen molar-refractivity contribution in [3.05, 3.63) is 185 Å². The number of rotatable bonds is 15. The lowest BCUT2D eigenvalue weighted by Crippen LogP contribution is -2.31. The van der Waals surface area contributed by atoms with Crippen molar-refractivity contribution >= 4 is 35.5 Å². The number of benzene rings is 5. The van der Waals surface area contributed by atoms with E-state index in [-0.39, 0.29) is 47.8 Å². The van der Waals surface area contributed by atoms with E-state index >= 15 is 0 Å². The Hall–Kier alpha value is -5.95. The van der Waals surface area contributed by atoms with Crippen LogP contribution < -0.4 is 0 Å². The number of carbonyl (C=O) groups excluding carboxylic acids is 5. The van der Waals surface area contributed by atoms with E-state index < -0.39 is 11.7 Å². The normalized spacial score (nSPS) is 11.4. The molecule has 284 valence electrons. The monoisotopic (exact) mass is 742 g/mol. The van der Waals surface area contributed by atoms with Crippen LogP contribution in [0.4, 0.5) is 8.78 Å². The van der Waals surface area contributed by atoms with E-state index in [4.69, 9.17) is 0 Å². The van der Waals surface area contributed by atoms with Crippen molar-refractivity contribution in [2.75, 3.05) is 0 Å². The lowest BCUT2D eigenvalue weighted by atomic mass is 9.84. The number of allylic oxidation sites excluding steroid dienone is 1. The summed E-state index contributed by atoms with van der Waals surface area (Å²) in [6.45, 7) is 7.36. The molecule has 5 rings (SSSR count). The fourth-order valence-electron chi connectivity index (χ4n) is 5.41. The van der Waals surface area contributed by atoms with Crippen molar-refractivity contribution in [1.82, 2.24) is 0 Å². The molecule has 0 aliphatic heterocycles. The molecule has 0 heterocycles. The minimum atomic E-state index is -0.974. The first-order valence-corrected chi connectivity index (χ1v) is 18.3. The summed E-state index contributed by atoms with van der Waals surface area (Å²) in [5, 5.41) is 0. The van der Waals surface area contributed by atoms with Crippen molar-refractivity contribution in [2.24, 2.45) is 17.8 Å². The Bertz CT molecular complexity index is 1990. The Balaban J connectivity index is 0.000000244. The molecule has 0 saturated carbocycles. The highest BCUT2D eigenvalue weighted by Crippen LogP contribution is 2.20. The number of Topliss-reactive ketones (excluding diaryl/α,β-unsaturated/α-hetero) is 4. The molecule has 7 heteroatoms. The van der Waals surface area contributed by atoms with E-state index in [2.05, 4.69) is 30.3 Å². The summed E-state index contributed by atoms with van der Waals surface area (Å²) >= 11 is 0. The summed E-state index contributed by atoms with van der Waals surface area (Å²) in [5.74, 6) is -2.53. The van der Waals surface area contributed by atoms with Crippen LogP contribution in [0.2, 0.25) is 0 Å². The van der Waals surface area contributed by atoms with E-state index in [0.29, 0.717) is 29.6 Å². The highest BCUT2D eigenvalue weighted by atomic mass is 19.1. The van der Waals surface area contributed by atoms with Crippen LogP contribution >= 0.6 is 0 Å². The van der Waals surface area contributed by atoms with Gasteiger partial charge >= 0.3 is 0 Å². The first kappa shape index (κ1) is 43.5. The maximum Gasteiger partial charge on any atom is 0.164 e. The van der Waals surface area contributed by atoms with Crippen LogP contribution in [-0.2, 0) is 27.2 Å². The first-order chi connectivity index (χ1) is 26.4. The van der Waals surface area contributed by atoms with Gasteiger partial charge in [0, 0.05) is 42.2 Å². The van der Waals surface area contributed by atoms with Crippen LogP contribution in [0.5, 0.6) is 0 Å². The molecule has 0 aliphatic carbocycles. The molecule has 0 aliphatic rings. The SMILES string of the molecule is CC(C)C(=O)C(CC(=O)c1ccc(F)cc1)C(=O)Cc1ccccc1.CC(C)C(=O)CC(=Cc1ccccc1)Cc1ccccc1.O=Cc1ccc(F)cc1. The van der Waals surface area contributed by atoms with Gasteiger partial charge in [0.1, 0.15) is 35.3 Å². The topological polar surface area (TPSA) is 85.3 Å². The van der Waals surface area contributed by atoms with Gasteiger partial charge in [-0.1, -0.05) is 130 Å². The maximum atomic E-state index is 13.0. The zero-order valence-corrected chi connectivity index (χ0v) is 31.8. The molecule has 0 aromatic heterocycles. The van der Waals surface area contributed by atoms with Crippen LogP contribution in [0, 0.1) is 29.4 Å². The molecular weight excluding hydrogens is 695 g/mol. The first-order valence-electron chi connectivity index (χ1n) is 18.3. The van der Waals surface area contributed by atoms with Gasteiger partial charge in [0.05, 0.1) is 5.92 Å². The second-order valence-corrected chi connectivity index (χ2v) is 13.7. The van der Waals surface area contributed by atoms with Gasteiger partial charge in [-0.25, -0.2) is 8.78 Å². The minimum Gasteiger partial charge on any atom is -0.299 e. The number of hydrogen-bond acceptors (Lipinski definition) is 5. The third-order valence-corrected chi connectivity index (χ3v) is 8.57. The molecule has 0 radical (unpaired) electrons. The van der Waals surface area contributed by atoms with Crippen molar-refractivity contribution in [3.8, 4) is 0 Å². The van der Waals surface area contributed by atoms with Crippen LogP contribution in [0.3, 0.4) is 0 Å². The summed E-state index contributed by atoms with van der Waals surface area (Å²) in [6.07, 6.45) is 4.11. The van der Waals surface area contributed by atoms with Gasteiger partial charge in [-0.2, -0.15) is 0 Å². The predicted molar refractivity (Wildman–Crippen MR) is 215 cm³/mol. The Labute approximate surface area is 323 Å². The smallest absolute Gasteiger partial charge is 0.164 e. The molecule has 1 unspecified atom stereocenters. The van der Waals surface area contributed by atoms with Gasteiger partial charge < -0.3 is 0 Å². The zero-order valence-electron chi connectivity index (χ0n) is 31.8. The number of carbonyl (C=O) groups is 5. The van der Waals surface area contributed by atoms with Crippen LogP contribution in [0.1, 0.15) is 77.9 Å². The third-order valence-electron chi connectivity index (χ3n) is 8.57. The van der Waals surface area contributed by atoms with Gasteiger partial charge in [-0.15, -0.1) is 0 Å². The molecule has 5 aromatic rings. The Morgan fingerprint density at radius 2 is 1.02 bits per heavy atom. The molecule has 1 atom stereocenters. The summed E-state index contributed by atoms with van der Waals surface area (Å²) in [6, 6.07) is 40.2. The second kappa shape index (κ2) is 23.0. The number of hydrogen-bond donors (Lipinski definition) is 0. The summed E-state index contributed by atoms with van der Waals surface area (Å²) < 4.78 is 25.1. The molecule has 0 N–H and O–H groups in total. The van der Waals surface area contributed by atoms with E-state index in [9.17, 15) is 32.8 Å². The molecule has 0 bridgehead atoms. The fraction of sp³-hybridized carbons (Fsp3) is 0.229. The fourth-order valence-corrected chi connectivity index (χ4v) is 5.41. The number of halogens is 2. The Morgan fingerprint density at radius 3 is 1.49 bits per heavy atom. The Kier molecular flexibility index (Phi) is 18.1. The Morgan fingerprint density at radius 1 is 0.545 bits per heavy atom. The molecule has 5 nitrogen and oxygen atoms in total. The largest absolute Gasteiger partial charge is 0.299 e. The van der Waals surface area contributed by atoms with Gasteiger partial charge in [-0.05, 0) is 71.6 Å². The molecule has 0 saturated heterocycles. The van der Waals surface area contributed by atoms with Crippen molar-refractivity contribution in [1.29, 1.82) is 0 Å². The summed E-state index contributed by atoms with van der Waals surface area (Å²) in [5.41, 5.74) is 5.18. The predicted octanol–water partition coefficient (Wildman–Crippen LogP) is 10.6. The highest BCUT2D eigenvalue weighted by molar-refractivity contribution is 6.09. The van der Waals surface area contributed by atoms with Gasteiger partial charge in [-0.3, -0.25) is 24.0 Å². The summed E-state index contributed by atoms with van der Waals surface area (Å²) in [7, 11) is 0. The zero-order chi connectivity index (χ0) is 40.2. The maximum absolute atomic E-state index is 13.0. The van der Waals surface area contributed by atoms with Crippen molar-refractivity contribution in [2.45, 2.75) is 53.4 Å². The quantitative estimate of drug-likeness (QED) is 0.0606. The summed E-state index contributed by atoms with van der Waals surface area (Å²) in [4.78, 5) is 59.6.